The summed E-state index contributed by atoms with van der Waals surface area (Å²) < 4.78 is 8.64. The van der Waals surface area contributed by atoms with Crippen molar-refractivity contribution < 1.29 is 9.53 Å². The molecule has 0 radical (unpaired) electrons. The Labute approximate surface area is 173 Å². The van der Waals surface area contributed by atoms with Crippen LogP contribution < -0.4 is 16.1 Å². The van der Waals surface area contributed by atoms with Crippen molar-refractivity contribution in [2.75, 3.05) is 18.6 Å². The van der Waals surface area contributed by atoms with Gasteiger partial charge in [-0.15, -0.1) is 0 Å². The van der Waals surface area contributed by atoms with Crippen molar-refractivity contribution >= 4 is 28.8 Å². The van der Waals surface area contributed by atoms with Crippen molar-refractivity contribution in [3.63, 3.8) is 0 Å². The summed E-state index contributed by atoms with van der Waals surface area (Å²) in [5, 5.41) is 0. The highest BCUT2D eigenvalue weighted by Gasteiger charge is 2.29. The van der Waals surface area contributed by atoms with Gasteiger partial charge in [-0.2, -0.15) is 4.98 Å². The molecule has 0 atom stereocenters. The van der Waals surface area contributed by atoms with E-state index >= 15 is 0 Å². The van der Waals surface area contributed by atoms with Crippen LogP contribution in [0.15, 0.2) is 33.9 Å². The van der Waals surface area contributed by atoms with E-state index in [1.54, 1.807) is 7.05 Å². The summed E-state index contributed by atoms with van der Waals surface area (Å²) in [6.45, 7) is 2.98. The number of rotatable bonds is 6. The third kappa shape index (κ3) is 3.20. The molecule has 3 heterocycles. The molecule has 4 rings (SSSR count). The van der Waals surface area contributed by atoms with Gasteiger partial charge in [0.1, 0.15) is 6.54 Å². The van der Waals surface area contributed by atoms with E-state index in [0.29, 0.717) is 30.2 Å². The minimum atomic E-state index is -0.653. The maximum Gasteiger partial charge on any atom is 0.333 e. The third-order valence-electron chi connectivity index (χ3n) is 5.58. The average molecular weight is 411 g/mol. The monoisotopic (exact) mass is 411 g/mol. The quantitative estimate of drug-likeness (QED) is 0.572. The molecule has 9 nitrogen and oxygen atoms in total. The van der Waals surface area contributed by atoms with Crippen molar-refractivity contribution in [1.82, 2.24) is 18.7 Å². The lowest BCUT2D eigenvalue weighted by Gasteiger charge is -2.16. The Morgan fingerprint density at radius 3 is 2.57 bits per heavy atom. The predicted molar refractivity (Wildman–Crippen MR) is 113 cm³/mol. The number of benzene rings is 1. The molecule has 0 saturated carbocycles. The van der Waals surface area contributed by atoms with Gasteiger partial charge in [-0.3, -0.25) is 14.2 Å². The number of imidazole rings is 1. The van der Waals surface area contributed by atoms with Crippen LogP contribution in [0.2, 0.25) is 0 Å². The summed E-state index contributed by atoms with van der Waals surface area (Å²) in [4.78, 5) is 44.0. The number of esters is 1. The highest BCUT2D eigenvalue weighted by Crippen LogP contribution is 2.31. The van der Waals surface area contributed by atoms with Crippen LogP contribution in [0, 0.1) is 0 Å². The molecule has 1 aliphatic heterocycles. The molecule has 0 bridgehead atoms. The minimum Gasteiger partial charge on any atom is -0.468 e. The molecular formula is C21H25N5O4. The highest BCUT2D eigenvalue weighted by atomic mass is 16.5. The minimum absolute atomic E-state index is 0.311. The number of methoxy groups -OCH3 is 1. The molecule has 0 fully saturated rings. The highest BCUT2D eigenvalue weighted by molar-refractivity contribution is 5.78. The third-order valence-corrected chi connectivity index (χ3v) is 5.58. The number of aryl methyl sites for hydroxylation is 2. The lowest BCUT2D eigenvalue weighted by Crippen LogP contribution is -2.41. The first-order chi connectivity index (χ1) is 14.5. The van der Waals surface area contributed by atoms with Gasteiger partial charge in [0.05, 0.1) is 7.11 Å². The molecule has 158 valence electrons. The smallest absolute Gasteiger partial charge is 0.333 e. The molecule has 0 saturated heterocycles. The van der Waals surface area contributed by atoms with Gasteiger partial charge in [-0.25, -0.2) is 9.36 Å². The average Bonchev–Trinajstić information content (AvgIpc) is 3.33. The number of aromatic nitrogens is 4. The molecule has 0 amide bonds. The number of hydrogen-bond donors (Lipinski definition) is 0. The van der Waals surface area contributed by atoms with Crippen LogP contribution in [0.3, 0.4) is 0 Å². The van der Waals surface area contributed by atoms with Gasteiger partial charge in [0.25, 0.3) is 5.56 Å². The fourth-order valence-corrected chi connectivity index (χ4v) is 3.88. The maximum absolute atomic E-state index is 13.0. The molecule has 30 heavy (non-hydrogen) atoms. The van der Waals surface area contributed by atoms with Gasteiger partial charge in [0.2, 0.25) is 5.95 Å². The van der Waals surface area contributed by atoms with Crippen LogP contribution in [0.4, 0.5) is 11.6 Å². The van der Waals surface area contributed by atoms with Crippen LogP contribution in [0.1, 0.15) is 25.3 Å². The van der Waals surface area contributed by atoms with Gasteiger partial charge in [-0.05, 0) is 30.5 Å². The zero-order valence-electron chi connectivity index (χ0n) is 17.4. The number of carbonyl (C=O) groups excluding carboxylic acids is 1. The Balaban J connectivity index is 1.78. The van der Waals surface area contributed by atoms with Gasteiger partial charge < -0.3 is 14.2 Å². The van der Waals surface area contributed by atoms with Gasteiger partial charge in [0.15, 0.2) is 11.2 Å². The number of unbranched alkanes of at least 4 members (excludes halogenated alkanes) is 1. The Morgan fingerprint density at radius 1 is 1.17 bits per heavy atom. The molecule has 0 spiro atoms. The van der Waals surface area contributed by atoms with E-state index in [1.165, 1.54) is 17.2 Å². The van der Waals surface area contributed by atoms with Crippen molar-refractivity contribution in [2.45, 2.75) is 39.3 Å². The first-order valence-electron chi connectivity index (χ1n) is 10.1. The summed E-state index contributed by atoms with van der Waals surface area (Å²) in [7, 11) is 2.77. The largest absolute Gasteiger partial charge is 0.468 e. The lowest BCUT2D eigenvalue weighted by molar-refractivity contribution is -0.141. The van der Waals surface area contributed by atoms with E-state index in [1.807, 2.05) is 9.47 Å². The second-order valence-electron chi connectivity index (χ2n) is 7.47. The predicted octanol–water partition coefficient (Wildman–Crippen LogP) is 1.56. The van der Waals surface area contributed by atoms with Crippen LogP contribution in [0.25, 0.3) is 11.2 Å². The van der Waals surface area contributed by atoms with Crippen molar-refractivity contribution in [3.05, 3.63) is 50.7 Å². The van der Waals surface area contributed by atoms with Gasteiger partial charge >= 0.3 is 11.7 Å². The van der Waals surface area contributed by atoms with Crippen LogP contribution in [0.5, 0.6) is 0 Å². The Bertz CT molecular complexity index is 1220. The Hall–Kier alpha value is -3.36. The SMILES string of the molecule is CCCCc1ccc(N2CCn3c2nc2c3c(=O)n(CC(=O)OC)c(=O)n2C)cc1. The summed E-state index contributed by atoms with van der Waals surface area (Å²) >= 11 is 0. The topological polar surface area (TPSA) is 91.4 Å². The summed E-state index contributed by atoms with van der Waals surface area (Å²) in [5.74, 6) is -0.0336. The molecule has 3 aromatic rings. The first kappa shape index (κ1) is 19.9. The van der Waals surface area contributed by atoms with E-state index in [2.05, 4.69) is 40.9 Å². The molecule has 2 aromatic heterocycles. The molecule has 0 N–H and O–H groups in total. The maximum atomic E-state index is 13.0. The van der Waals surface area contributed by atoms with E-state index in [4.69, 9.17) is 0 Å². The zero-order chi connectivity index (χ0) is 21.4. The van der Waals surface area contributed by atoms with Crippen LogP contribution >= 0.6 is 0 Å². The van der Waals surface area contributed by atoms with E-state index in [9.17, 15) is 14.4 Å². The van der Waals surface area contributed by atoms with Crippen LogP contribution in [-0.2, 0) is 36.1 Å². The number of carbonyl (C=O) groups is 1. The molecule has 9 heteroatoms. The summed E-state index contributed by atoms with van der Waals surface area (Å²) in [5.41, 5.74) is 1.78. The van der Waals surface area contributed by atoms with E-state index < -0.39 is 23.8 Å². The molecule has 0 unspecified atom stereocenters. The second kappa shape index (κ2) is 7.81. The number of hydrogen-bond acceptors (Lipinski definition) is 6. The number of anilines is 2. The lowest BCUT2D eigenvalue weighted by atomic mass is 10.1. The Morgan fingerprint density at radius 2 is 1.90 bits per heavy atom. The van der Waals surface area contributed by atoms with E-state index in [0.717, 1.165) is 29.5 Å². The normalized spacial score (nSPS) is 13.1. The number of nitrogens with zero attached hydrogens (tertiary/aromatic N) is 5. The van der Waals surface area contributed by atoms with Gasteiger partial charge in [0, 0.05) is 25.8 Å². The summed E-state index contributed by atoms with van der Waals surface area (Å²) in [6, 6.07) is 8.37. The molecule has 0 aliphatic carbocycles. The molecule has 1 aliphatic rings. The Kier molecular flexibility index (Phi) is 5.19. The van der Waals surface area contributed by atoms with Gasteiger partial charge in [-0.1, -0.05) is 25.5 Å². The second-order valence-corrected chi connectivity index (χ2v) is 7.47. The first-order valence-corrected chi connectivity index (χ1v) is 10.1. The molecular weight excluding hydrogens is 386 g/mol. The number of fused-ring (bicyclic) bond motifs is 3. The zero-order valence-corrected chi connectivity index (χ0v) is 17.4. The molecule has 1 aromatic carbocycles. The fourth-order valence-electron chi connectivity index (χ4n) is 3.88. The summed E-state index contributed by atoms with van der Waals surface area (Å²) in [6.07, 6.45) is 3.37. The number of ether oxygens (including phenoxy) is 1. The van der Waals surface area contributed by atoms with Crippen molar-refractivity contribution in [1.29, 1.82) is 0 Å². The van der Waals surface area contributed by atoms with Crippen molar-refractivity contribution in [3.8, 4) is 0 Å². The standard InChI is InChI=1S/C21H25N5O4/c1-4-5-6-14-7-9-15(10-8-14)24-11-12-25-17-18(22-20(24)25)23(2)21(29)26(19(17)28)13-16(27)30-3/h7-10H,4-6,11-13H2,1-3H3. The van der Waals surface area contributed by atoms with Crippen molar-refractivity contribution in [2.24, 2.45) is 7.05 Å². The van der Waals surface area contributed by atoms with Crippen LogP contribution in [-0.4, -0.2) is 38.3 Å². The fraction of sp³-hybridized carbons (Fsp3) is 0.429. The van der Waals surface area contributed by atoms with E-state index in [-0.39, 0.29) is 0 Å².